The first-order valence-corrected chi connectivity index (χ1v) is 11.8. The molecule has 0 aliphatic carbocycles. The standard InChI is InChI=1S/C18H27NO9P2/c1-14(11-12-27-30(24,25)28-29(21,22)23)7-6-8-15(2)13-19-17-10-5-4-9-16(17)18(20)26-3/h4-5,8-11,19H,6-7,12-13H2,1-3H3,(H,24,25)(H2,21,22,23)/p-3/b14-11+,15-8+. The lowest BCUT2D eigenvalue weighted by atomic mass is 10.1. The van der Waals surface area contributed by atoms with Gasteiger partial charge in [0.1, 0.15) is 0 Å². The zero-order valence-electron chi connectivity index (χ0n) is 16.9. The Labute approximate surface area is 175 Å². The summed E-state index contributed by atoms with van der Waals surface area (Å²) in [6, 6.07) is 7.01. The molecule has 0 amide bonds. The van der Waals surface area contributed by atoms with Crippen molar-refractivity contribution in [2.75, 3.05) is 25.6 Å². The molecule has 0 aromatic heterocycles. The van der Waals surface area contributed by atoms with Crippen LogP contribution < -0.4 is 20.0 Å². The number of ether oxygens (including phenoxy) is 1. The fraction of sp³-hybridized carbons (Fsp3) is 0.389. The number of hydrogen-bond donors (Lipinski definition) is 1. The van der Waals surface area contributed by atoms with Crippen LogP contribution in [0.2, 0.25) is 0 Å². The van der Waals surface area contributed by atoms with Gasteiger partial charge in [0.05, 0.1) is 27.1 Å². The quantitative estimate of drug-likeness (QED) is 0.277. The third-order valence-corrected chi connectivity index (χ3v) is 5.85. The van der Waals surface area contributed by atoms with Gasteiger partial charge in [-0.05, 0) is 38.8 Å². The molecule has 0 aliphatic rings. The van der Waals surface area contributed by atoms with Crippen LogP contribution in [0.15, 0.2) is 47.6 Å². The normalized spacial score (nSPS) is 14.9. The number of allylic oxidation sites excluding steroid dienone is 2. The van der Waals surface area contributed by atoms with Crippen LogP contribution in [0.5, 0.6) is 0 Å². The van der Waals surface area contributed by atoms with Crippen LogP contribution in [0.3, 0.4) is 0 Å². The minimum absolute atomic E-state index is 0.427. The Bertz CT molecular complexity index is 876. The second-order valence-electron chi connectivity index (χ2n) is 6.30. The molecular weight excluding hydrogens is 436 g/mol. The van der Waals surface area contributed by atoms with E-state index < -0.39 is 28.2 Å². The topological polar surface area (TPSA) is 160 Å². The van der Waals surface area contributed by atoms with E-state index in [9.17, 15) is 28.6 Å². The summed E-state index contributed by atoms with van der Waals surface area (Å²) in [7, 11) is -9.56. The van der Waals surface area contributed by atoms with Gasteiger partial charge < -0.3 is 33.8 Å². The Morgan fingerprint density at radius 1 is 1.10 bits per heavy atom. The summed E-state index contributed by atoms with van der Waals surface area (Å²) in [4.78, 5) is 43.5. The van der Waals surface area contributed by atoms with E-state index in [4.69, 9.17) is 4.74 Å². The molecule has 0 saturated carbocycles. The Balaban J connectivity index is 2.46. The summed E-state index contributed by atoms with van der Waals surface area (Å²) >= 11 is 0. The largest absolute Gasteiger partial charge is 0.790 e. The van der Waals surface area contributed by atoms with Crippen molar-refractivity contribution in [3.8, 4) is 0 Å². The van der Waals surface area contributed by atoms with E-state index in [1.807, 2.05) is 19.1 Å². The summed E-state index contributed by atoms with van der Waals surface area (Å²) in [5, 5.41) is 3.18. The summed E-state index contributed by atoms with van der Waals surface area (Å²) in [6.07, 6.45) is 4.70. The van der Waals surface area contributed by atoms with E-state index in [0.29, 0.717) is 30.6 Å². The fourth-order valence-corrected chi connectivity index (χ4v) is 3.72. The highest BCUT2D eigenvalue weighted by atomic mass is 31.3. The molecule has 30 heavy (non-hydrogen) atoms. The van der Waals surface area contributed by atoms with Gasteiger partial charge in [-0.25, -0.2) is 4.79 Å². The summed E-state index contributed by atoms with van der Waals surface area (Å²) in [5.41, 5.74) is 2.93. The molecule has 0 aliphatic heterocycles. The van der Waals surface area contributed by atoms with E-state index in [-0.39, 0.29) is 0 Å². The van der Waals surface area contributed by atoms with Crippen molar-refractivity contribution < 1.29 is 42.2 Å². The predicted octanol–water partition coefficient (Wildman–Crippen LogP) is 1.89. The molecule has 1 rings (SSSR count). The molecule has 12 heteroatoms. The number of phosphoric acid groups is 2. The monoisotopic (exact) mass is 460 g/mol. The summed E-state index contributed by atoms with van der Waals surface area (Å²) in [5.74, 6) is -0.427. The number of esters is 1. The number of carbonyl (C=O) groups excluding carboxylic acids is 1. The molecule has 1 atom stereocenters. The maximum absolute atomic E-state index is 11.8. The van der Waals surface area contributed by atoms with Crippen LogP contribution in [-0.4, -0.2) is 26.2 Å². The number of nitrogens with one attached hydrogen (secondary N) is 1. The zero-order chi connectivity index (χ0) is 22.8. The van der Waals surface area contributed by atoms with Crippen LogP contribution in [0, 0.1) is 0 Å². The molecule has 0 radical (unpaired) electrons. The smallest absolute Gasteiger partial charge is 0.339 e. The lowest BCUT2D eigenvalue weighted by Crippen LogP contribution is -2.19. The number of rotatable bonds is 12. The molecule has 10 nitrogen and oxygen atoms in total. The Kier molecular flexibility index (Phi) is 10.7. The molecule has 0 saturated heterocycles. The highest BCUT2D eigenvalue weighted by molar-refractivity contribution is 7.58. The molecule has 168 valence electrons. The number of para-hydroxylation sites is 1. The number of phosphoric ester groups is 1. The lowest BCUT2D eigenvalue weighted by Gasteiger charge is -2.34. The van der Waals surface area contributed by atoms with E-state index in [1.54, 1.807) is 25.1 Å². The lowest BCUT2D eigenvalue weighted by molar-refractivity contribution is -0.339. The summed E-state index contributed by atoms with van der Waals surface area (Å²) < 4.78 is 33.9. The van der Waals surface area contributed by atoms with Crippen LogP contribution in [0.25, 0.3) is 0 Å². The van der Waals surface area contributed by atoms with Crippen LogP contribution in [0.1, 0.15) is 37.0 Å². The Morgan fingerprint density at radius 3 is 2.40 bits per heavy atom. The van der Waals surface area contributed by atoms with Crippen molar-refractivity contribution in [1.29, 1.82) is 0 Å². The predicted molar refractivity (Wildman–Crippen MR) is 105 cm³/mol. The van der Waals surface area contributed by atoms with Gasteiger partial charge in [-0.2, -0.15) is 0 Å². The first kappa shape index (κ1) is 26.3. The SMILES string of the molecule is COC(=O)c1ccccc1NC/C(C)=C/CC/C(C)=C/COP(=O)([O-])OP(=O)([O-])[O-]. The van der Waals surface area contributed by atoms with Gasteiger partial charge in [-0.3, -0.25) is 8.88 Å². The maximum atomic E-state index is 11.8. The molecule has 1 unspecified atom stereocenters. The first-order chi connectivity index (χ1) is 13.9. The van der Waals surface area contributed by atoms with Crippen LogP contribution >= 0.6 is 15.6 Å². The van der Waals surface area contributed by atoms with Gasteiger partial charge >= 0.3 is 5.97 Å². The molecule has 1 aromatic carbocycles. The van der Waals surface area contributed by atoms with E-state index >= 15 is 0 Å². The van der Waals surface area contributed by atoms with E-state index in [1.165, 1.54) is 13.2 Å². The van der Waals surface area contributed by atoms with Gasteiger partial charge in [0, 0.05) is 12.2 Å². The second kappa shape index (κ2) is 12.2. The van der Waals surface area contributed by atoms with E-state index in [0.717, 1.165) is 11.1 Å². The highest BCUT2D eigenvalue weighted by Crippen LogP contribution is 2.50. The maximum Gasteiger partial charge on any atom is 0.339 e. The first-order valence-electron chi connectivity index (χ1n) is 8.85. The minimum atomic E-state index is -5.68. The number of hydrogen-bond acceptors (Lipinski definition) is 10. The van der Waals surface area contributed by atoms with Crippen LogP contribution in [0.4, 0.5) is 5.69 Å². The molecule has 0 fully saturated rings. The molecule has 0 bridgehead atoms. The third-order valence-electron chi connectivity index (χ3n) is 3.79. The average Bonchev–Trinajstić information content (AvgIpc) is 2.63. The molecule has 1 N–H and O–H groups in total. The number of methoxy groups -OCH3 is 1. The zero-order valence-corrected chi connectivity index (χ0v) is 18.7. The van der Waals surface area contributed by atoms with Crippen molar-refractivity contribution in [1.82, 2.24) is 0 Å². The van der Waals surface area contributed by atoms with E-state index in [2.05, 4.69) is 14.2 Å². The third kappa shape index (κ3) is 10.8. The number of benzene rings is 1. The number of anilines is 1. The van der Waals surface area contributed by atoms with Crippen molar-refractivity contribution in [3.63, 3.8) is 0 Å². The van der Waals surface area contributed by atoms with Gasteiger partial charge in [0.15, 0.2) is 0 Å². The van der Waals surface area contributed by atoms with Crippen molar-refractivity contribution in [3.05, 3.63) is 53.1 Å². The van der Waals surface area contributed by atoms with Gasteiger partial charge in [0.2, 0.25) is 0 Å². The molecule has 0 heterocycles. The Morgan fingerprint density at radius 2 is 1.77 bits per heavy atom. The Hall–Kier alpha value is -1.77. The fourth-order valence-electron chi connectivity index (χ4n) is 2.30. The highest BCUT2D eigenvalue weighted by Gasteiger charge is 2.11. The van der Waals surface area contributed by atoms with Gasteiger partial charge in [0.25, 0.3) is 7.82 Å². The van der Waals surface area contributed by atoms with Gasteiger partial charge in [-0.15, -0.1) is 0 Å². The second-order valence-corrected chi connectivity index (χ2v) is 9.00. The molecular formula is C18H24NO9P2-3. The van der Waals surface area contributed by atoms with Crippen LogP contribution in [-0.2, 0) is 22.7 Å². The molecule has 1 aromatic rings. The molecule has 0 spiro atoms. The summed E-state index contributed by atoms with van der Waals surface area (Å²) in [6.45, 7) is 3.74. The number of carbonyl (C=O) groups is 1. The van der Waals surface area contributed by atoms with Gasteiger partial charge in [-0.1, -0.05) is 35.4 Å². The van der Waals surface area contributed by atoms with Crippen molar-refractivity contribution in [2.24, 2.45) is 0 Å². The van der Waals surface area contributed by atoms with Crippen molar-refractivity contribution in [2.45, 2.75) is 26.7 Å². The average molecular weight is 460 g/mol. The minimum Gasteiger partial charge on any atom is -0.790 e. The van der Waals surface area contributed by atoms with Crippen molar-refractivity contribution >= 4 is 27.3 Å².